The standard InChI is InChI=1S/C21H21N3O2/c1-13-5-4-8-17-16(11-23-20(13)17)10-19(25)24-12-15-7-3-2-6-14(15)9-18(24)21(22)26/h2-8,11,18,23H,9-10,12H2,1H3,(H2,22,26)/t18-/m0/s1. The van der Waals surface area contributed by atoms with Crippen LogP contribution in [-0.2, 0) is 29.0 Å². The van der Waals surface area contributed by atoms with Crippen molar-refractivity contribution in [1.29, 1.82) is 0 Å². The maximum absolute atomic E-state index is 13.0. The number of fused-ring (bicyclic) bond motifs is 2. The molecule has 2 amide bonds. The molecule has 0 saturated carbocycles. The van der Waals surface area contributed by atoms with Crippen molar-refractivity contribution in [2.75, 3.05) is 0 Å². The highest BCUT2D eigenvalue weighted by molar-refractivity contribution is 5.92. The maximum Gasteiger partial charge on any atom is 0.240 e. The lowest BCUT2D eigenvalue weighted by molar-refractivity contribution is -0.140. The first-order chi connectivity index (χ1) is 12.5. The van der Waals surface area contributed by atoms with Gasteiger partial charge in [0, 0.05) is 30.1 Å². The Morgan fingerprint density at radius 1 is 1.15 bits per heavy atom. The van der Waals surface area contributed by atoms with Crippen LogP contribution >= 0.6 is 0 Å². The molecule has 0 unspecified atom stereocenters. The van der Waals surface area contributed by atoms with Gasteiger partial charge in [-0.25, -0.2) is 0 Å². The fourth-order valence-corrected chi connectivity index (χ4v) is 3.81. The molecular weight excluding hydrogens is 326 g/mol. The van der Waals surface area contributed by atoms with Crippen LogP contribution in [0.15, 0.2) is 48.7 Å². The van der Waals surface area contributed by atoms with E-state index in [2.05, 4.69) is 4.98 Å². The Bertz CT molecular complexity index is 1010. The Kier molecular flexibility index (Phi) is 3.99. The number of H-pyrrole nitrogens is 1. The summed E-state index contributed by atoms with van der Waals surface area (Å²) in [7, 11) is 0. The SMILES string of the molecule is Cc1cccc2c(CC(=O)N3Cc4ccccc4C[C@H]3C(N)=O)c[nH]c12. The van der Waals surface area contributed by atoms with Crippen LogP contribution in [0.4, 0.5) is 0 Å². The van der Waals surface area contributed by atoms with Gasteiger partial charge in [-0.2, -0.15) is 0 Å². The zero-order chi connectivity index (χ0) is 18.3. The van der Waals surface area contributed by atoms with Crippen molar-refractivity contribution < 1.29 is 9.59 Å². The fraction of sp³-hybridized carbons (Fsp3) is 0.238. The van der Waals surface area contributed by atoms with Crippen molar-refractivity contribution in [3.63, 3.8) is 0 Å². The van der Waals surface area contributed by atoms with E-state index in [9.17, 15) is 9.59 Å². The molecule has 5 heteroatoms. The summed E-state index contributed by atoms with van der Waals surface area (Å²) >= 11 is 0. The molecule has 0 fully saturated rings. The summed E-state index contributed by atoms with van der Waals surface area (Å²) in [5.74, 6) is -0.534. The number of carbonyl (C=O) groups excluding carboxylic acids is 2. The van der Waals surface area contributed by atoms with Crippen LogP contribution in [0.5, 0.6) is 0 Å². The number of amides is 2. The van der Waals surface area contributed by atoms with E-state index >= 15 is 0 Å². The largest absolute Gasteiger partial charge is 0.368 e. The van der Waals surface area contributed by atoms with Gasteiger partial charge < -0.3 is 15.6 Å². The number of aryl methyl sites for hydroxylation is 1. The summed E-state index contributed by atoms with van der Waals surface area (Å²) in [6, 6.07) is 13.3. The Morgan fingerprint density at radius 3 is 2.69 bits per heavy atom. The number of aromatic nitrogens is 1. The minimum atomic E-state index is -0.593. The number of benzene rings is 2. The first-order valence-electron chi connectivity index (χ1n) is 8.75. The Balaban J connectivity index is 1.64. The van der Waals surface area contributed by atoms with Crippen LogP contribution in [0, 0.1) is 6.92 Å². The molecule has 1 atom stereocenters. The van der Waals surface area contributed by atoms with Gasteiger partial charge in [-0.3, -0.25) is 9.59 Å². The summed E-state index contributed by atoms with van der Waals surface area (Å²) in [5.41, 5.74) is 10.9. The molecule has 1 aliphatic heterocycles. The van der Waals surface area contributed by atoms with Gasteiger partial charge in [-0.05, 0) is 29.2 Å². The predicted molar refractivity (Wildman–Crippen MR) is 100 cm³/mol. The topological polar surface area (TPSA) is 79.2 Å². The number of hydrogen-bond acceptors (Lipinski definition) is 2. The van der Waals surface area contributed by atoms with Gasteiger partial charge in [0.2, 0.25) is 11.8 Å². The van der Waals surface area contributed by atoms with E-state index in [1.807, 2.05) is 55.6 Å². The molecule has 5 nitrogen and oxygen atoms in total. The number of rotatable bonds is 3. The van der Waals surface area contributed by atoms with Crippen molar-refractivity contribution in [3.05, 3.63) is 70.9 Å². The molecule has 26 heavy (non-hydrogen) atoms. The van der Waals surface area contributed by atoms with Gasteiger partial charge in [-0.1, -0.05) is 42.5 Å². The average molecular weight is 347 g/mol. The minimum absolute atomic E-state index is 0.0780. The molecule has 4 rings (SSSR count). The Hall–Kier alpha value is -3.08. The number of para-hydroxylation sites is 1. The summed E-state index contributed by atoms with van der Waals surface area (Å²) in [4.78, 5) is 29.9. The zero-order valence-corrected chi connectivity index (χ0v) is 14.7. The third-order valence-corrected chi connectivity index (χ3v) is 5.25. The smallest absolute Gasteiger partial charge is 0.240 e. The van der Waals surface area contributed by atoms with E-state index in [0.29, 0.717) is 13.0 Å². The minimum Gasteiger partial charge on any atom is -0.368 e. The van der Waals surface area contributed by atoms with E-state index in [1.165, 1.54) is 0 Å². The monoisotopic (exact) mass is 347 g/mol. The van der Waals surface area contributed by atoms with Crippen LogP contribution in [0.3, 0.4) is 0 Å². The Morgan fingerprint density at radius 2 is 1.92 bits per heavy atom. The van der Waals surface area contributed by atoms with Crippen molar-refractivity contribution in [3.8, 4) is 0 Å². The molecule has 0 saturated heterocycles. The second-order valence-corrected chi connectivity index (χ2v) is 6.90. The summed E-state index contributed by atoms with van der Waals surface area (Å²) in [5, 5.41) is 1.05. The number of aromatic amines is 1. The second kappa shape index (κ2) is 6.33. The van der Waals surface area contributed by atoms with E-state index in [1.54, 1.807) is 4.90 Å². The van der Waals surface area contributed by atoms with E-state index in [0.717, 1.165) is 33.2 Å². The predicted octanol–water partition coefficient (Wildman–Crippen LogP) is 2.46. The lowest BCUT2D eigenvalue weighted by atomic mass is 9.93. The molecule has 0 spiro atoms. The first kappa shape index (κ1) is 16.4. The molecule has 132 valence electrons. The zero-order valence-electron chi connectivity index (χ0n) is 14.7. The van der Waals surface area contributed by atoms with Gasteiger partial charge in [-0.15, -0.1) is 0 Å². The van der Waals surface area contributed by atoms with Crippen LogP contribution in [0.1, 0.15) is 22.3 Å². The third kappa shape index (κ3) is 2.75. The van der Waals surface area contributed by atoms with E-state index < -0.39 is 11.9 Å². The molecule has 0 bridgehead atoms. The highest BCUT2D eigenvalue weighted by atomic mass is 16.2. The number of carbonyl (C=O) groups is 2. The molecule has 1 aliphatic rings. The van der Waals surface area contributed by atoms with E-state index in [4.69, 9.17) is 5.73 Å². The number of nitrogens with zero attached hydrogens (tertiary/aromatic N) is 1. The van der Waals surface area contributed by atoms with Crippen molar-refractivity contribution in [2.45, 2.75) is 32.4 Å². The normalized spacial score (nSPS) is 16.5. The Labute approximate surface area is 151 Å². The molecule has 3 aromatic rings. The van der Waals surface area contributed by atoms with Crippen LogP contribution in [0.25, 0.3) is 10.9 Å². The molecular formula is C21H21N3O2. The molecule has 1 aromatic heterocycles. The molecule has 3 N–H and O–H groups in total. The van der Waals surface area contributed by atoms with Crippen LogP contribution in [0.2, 0.25) is 0 Å². The van der Waals surface area contributed by atoms with Gasteiger partial charge in [0.25, 0.3) is 0 Å². The van der Waals surface area contributed by atoms with Crippen molar-refractivity contribution in [1.82, 2.24) is 9.88 Å². The fourth-order valence-electron chi connectivity index (χ4n) is 3.81. The maximum atomic E-state index is 13.0. The lowest BCUT2D eigenvalue weighted by Gasteiger charge is -2.35. The summed E-state index contributed by atoms with van der Waals surface area (Å²) in [6.07, 6.45) is 2.60. The summed E-state index contributed by atoms with van der Waals surface area (Å²) in [6.45, 7) is 2.46. The molecule has 2 aromatic carbocycles. The molecule has 2 heterocycles. The van der Waals surface area contributed by atoms with Gasteiger partial charge in [0.05, 0.1) is 6.42 Å². The van der Waals surface area contributed by atoms with Gasteiger partial charge in [0.1, 0.15) is 6.04 Å². The van der Waals surface area contributed by atoms with Crippen molar-refractivity contribution in [2.24, 2.45) is 5.73 Å². The third-order valence-electron chi connectivity index (χ3n) is 5.25. The quantitative estimate of drug-likeness (QED) is 0.763. The summed E-state index contributed by atoms with van der Waals surface area (Å²) < 4.78 is 0. The van der Waals surface area contributed by atoms with E-state index in [-0.39, 0.29) is 12.3 Å². The van der Waals surface area contributed by atoms with Crippen LogP contribution in [-0.4, -0.2) is 27.7 Å². The average Bonchev–Trinajstić information content (AvgIpc) is 3.05. The number of nitrogens with two attached hydrogens (primary N) is 1. The van der Waals surface area contributed by atoms with Gasteiger partial charge >= 0.3 is 0 Å². The van der Waals surface area contributed by atoms with Crippen LogP contribution < -0.4 is 5.73 Å². The molecule has 0 aliphatic carbocycles. The van der Waals surface area contributed by atoms with Crippen molar-refractivity contribution >= 4 is 22.7 Å². The number of nitrogens with one attached hydrogen (secondary N) is 1. The lowest BCUT2D eigenvalue weighted by Crippen LogP contribution is -2.51. The molecule has 0 radical (unpaired) electrons. The first-order valence-corrected chi connectivity index (χ1v) is 8.75. The second-order valence-electron chi connectivity index (χ2n) is 6.90. The number of primary amides is 1. The van der Waals surface area contributed by atoms with Gasteiger partial charge in [0.15, 0.2) is 0 Å². The number of hydrogen-bond donors (Lipinski definition) is 2. The highest BCUT2D eigenvalue weighted by Gasteiger charge is 2.33. The highest BCUT2D eigenvalue weighted by Crippen LogP contribution is 2.26.